The molecule has 40 heavy (non-hydrogen) atoms. The van der Waals surface area contributed by atoms with E-state index in [4.69, 9.17) is 29.9 Å². The Hall–Kier alpha value is -2.32. The second kappa shape index (κ2) is 9.62. The van der Waals surface area contributed by atoms with E-state index >= 15 is 0 Å². The summed E-state index contributed by atoms with van der Waals surface area (Å²) in [5.74, 6) is 20.1. The normalized spacial score (nSPS) is 13.6. The zero-order chi connectivity index (χ0) is 26.2. The van der Waals surface area contributed by atoms with Gasteiger partial charge >= 0.3 is 0 Å². The average molecular weight is 658 g/mol. The maximum absolute atomic E-state index is 5.12. The highest BCUT2D eigenvalue weighted by molar-refractivity contribution is 7.46. The molecule has 0 aromatic carbocycles. The molecule has 0 unspecified atom stereocenters. The summed E-state index contributed by atoms with van der Waals surface area (Å²) in [6.45, 7) is 0. The van der Waals surface area contributed by atoms with Crippen LogP contribution in [0.5, 0.6) is 0 Å². The maximum Gasteiger partial charge on any atom is 0.169 e. The molecular formula is C24H10N8P8. The van der Waals surface area contributed by atoms with Gasteiger partial charge in [-0.2, -0.15) is 0 Å². The molecule has 7 aromatic heterocycles. The van der Waals surface area contributed by atoms with Gasteiger partial charge in [-0.05, 0) is 46.4 Å². The third kappa shape index (κ3) is 3.84. The van der Waals surface area contributed by atoms with Gasteiger partial charge in [-0.3, -0.25) is 0 Å². The molecular weight excluding hydrogens is 648 g/mol. The van der Waals surface area contributed by atoms with E-state index in [0.29, 0.717) is 23.3 Å². The number of rotatable bonds is 0. The molecule has 8 nitrogen and oxygen atoms in total. The summed E-state index contributed by atoms with van der Waals surface area (Å²) in [7, 11) is 8.68. The van der Waals surface area contributed by atoms with Crippen LogP contribution in [0.2, 0.25) is 0 Å². The molecule has 0 saturated heterocycles. The first-order chi connectivity index (χ1) is 19.8. The fourth-order valence-electron chi connectivity index (χ4n) is 4.63. The number of aromatic amines is 2. The Morgan fingerprint density at radius 1 is 0.325 bits per heavy atom. The van der Waals surface area contributed by atoms with Crippen molar-refractivity contribution in [2.24, 2.45) is 0 Å². The Morgan fingerprint density at radius 3 is 0.850 bits per heavy atom. The van der Waals surface area contributed by atoms with E-state index in [9.17, 15) is 0 Å². The highest BCUT2D eigenvalue weighted by Gasteiger charge is 2.23. The van der Waals surface area contributed by atoms with Gasteiger partial charge in [0.15, 0.2) is 23.3 Å². The van der Waals surface area contributed by atoms with E-state index in [2.05, 4.69) is 56.4 Å². The lowest BCUT2D eigenvalue weighted by Gasteiger charge is -1.95. The topological polar surface area (TPSA) is 109 Å². The molecule has 7 aromatic rings. The smallest absolute Gasteiger partial charge is 0.169 e. The largest absolute Gasteiger partial charge is 0.323 e. The van der Waals surface area contributed by atoms with Crippen molar-refractivity contribution in [3.05, 3.63) is 46.4 Å². The van der Waals surface area contributed by atoms with Crippen molar-refractivity contribution in [3.63, 3.8) is 0 Å². The number of nitrogens with one attached hydrogen (secondary N) is 2. The fourth-order valence-corrected chi connectivity index (χ4v) is 12.9. The molecule has 0 aliphatic carbocycles. The van der Waals surface area contributed by atoms with E-state index in [0.717, 1.165) is 130 Å². The first-order valence-electron chi connectivity index (χ1n) is 11.9. The van der Waals surface area contributed by atoms with E-state index in [1.165, 1.54) is 0 Å². The van der Waals surface area contributed by atoms with Crippen molar-refractivity contribution in [1.29, 1.82) is 0 Å². The van der Waals surface area contributed by atoms with Crippen molar-refractivity contribution in [3.8, 4) is 44.5 Å². The molecule has 0 fully saturated rings. The third-order valence-corrected chi connectivity index (χ3v) is 15.8. The highest BCUT2D eigenvalue weighted by Crippen LogP contribution is 2.47. The van der Waals surface area contributed by atoms with Crippen molar-refractivity contribution in [2.75, 3.05) is 0 Å². The fraction of sp³-hybridized carbons (Fsp3) is 0. The third-order valence-electron chi connectivity index (χ3n) is 6.31. The van der Waals surface area contributed by atoms with Gasteiger partial charge in [-0.1, -0.05) is 65.5 Å². The second-order valence-electron chi connectivity index (χ2n) is 8.62. The summed E-state index contributed by atoms with van der Waals surface area (Å²) in [4.78, 5) is 37.6. The number of hydrogen-bond donors (Lipinski definition) is 2. The summed E-state index contributed by atoms with van der Waals surface area (Å²) < 4.78 is 0. The van der Waals surface area contributed by atoms with Crippen molar-refractivity contribution in [1.82, 2.24) is 39.9 Å². The lowest BCUT2D eigenvalue weighted by Crippen LogP contribution is -1.82. The zero-order valence-electron chi connectivity index (χ0n) is 19.9. The molecule has 9 rings (SSSR count). The van der Waals surface area contributed by atoms with Crippen LogP contribution in [0.25, 0.3) is 87.5 Å². The van der Waals surface area contributed by atoms with Crippen molar-refractivity contribution >= 4 is 109 Å². The van der Waals surface area contributed by atoms with Gasteiger partial charge in [-0.15, -0.1) is 0 Å². The molecule has 0 atom stereocenters. The van der Waals surface area contributed by atoms with Crippen LogP contribution in [-0.2, 0) is 0 Å². The van der Waals surface area contributed by atoms with Crippen molar-refractivity contribution in [2.45, 2.75) is 0 Å². The first kappa shape index (κ1) is 24.3. The molecule has 0 radical (unpaired) electrons. The number of hydrogen-bond acceptors (Lipinski definition) is 6. The number of fused-ring (bicyclic) bond motifs is 20. The molecule has 0 spiro atoms. The van der Waals surface area contributed by atoms with Gasteiger partial charge in [0, 0.05) is 0 Å². The number of aromatic nitrogens is 8. The summed E-state index contributed by atoms with van der Waals surface area (Å²) in [5, 5.41) is 8.97. The van der Waals surface area contributed by atoms with Crippen LogP contribution in [0, 0.1) is 0 Å². The lowest BCUT2D eigenvalue weighted by molar-refractivity contribution is 1.19. The Bertz CT molecular complexity index is 2050. The molecule has 9 heterocycles. The lowest BCUT2D eigenvalue weighted by atomic mass is 10.4. The molecule has 186 valence electrons. The molecule has 16 heteroatoms. The predicted molar refractivity (Wildman–Crippen MR) is 176 cm³/mol. The van der Waals surface area contributed by atoms with Gasteiger partial charge in [0.1, 0.15) is 22.6 Å². The Labute approximate surface area is 238 Å². The van der Waals surface area contributed by atoms with Gasteiger partial charge in [-0.25, -0.2) is 29.9 Å². The van der Waals surface area contributed by atoms with Gasteiger partial charge in [0.25, 0.3) is 0 Å². The zero-order valence-corrected chi connectivity index (χ0v) is 27.0. The number of H-pyrrole nitrogens is 2. The van der Waals surface area contributed by atoms with E-state index < -0.39 is 0 Å². The van der Waals surface area contributed by atoms with Crippen LogP contribution in [0.4, 0.5) is 0 Å². The summed E-state index contributed by atoms with van der Waals surface area (Å²) in [6, 6.07) is 0. The monoisotopic (exact) mass is 658 g/mol. The van der Waals surface area contributed by atoms with Crippen LogP contribution >= 0.6 is 65.5 Å². The molecule has 2 N–H and O–H groups in total. The van der Waals surface area contributed by atoms with E-state index in [1.54, 1.807) is 0 Å². The second-order valence-corrected chi connectivity index (χ2v) is 16.7. The van der Waals surface area contributed by atoms with Gasteiger partial charge in [0.05, 0.1) is 41.7 Å². The molecule has 8 bridgehead atoms. The summed E-state index contributed by atoms with van der Waals surface area (Å²) >= 11 is 0. The molecule has 0 saturated carbocycles. The van der Waals surface area contributed by atoms with Crippen molar-refractivity contribution < 1.29 is 0 Å². The first-order valence-corrected chi connectivity index (χ1v) is 19.6. The minimum atomic E-state index is 0.714. The van der Waals surface area contributed by atoms with Gasteiger partial charge in [0.2, 0.25) is 0 Å². The summed E-state index contributed by atoms with van der Waals surface area (Å²) in [5.41, 5.74) is 3.21. The Morgan fingerprint density at radius 2 is 0.575 bits per heavy atom. The quantitative estimate of drug-likeness (QED) is 0.168. The Kier molecular flexibility index (Phi) is 5.84. The van der Waals surface area contributed by atoms with Crippen LogP contribution < -0.4 is 0 Å². The minimum absolute atomic E-state index is 0.714. The van der Waals surface area contributed by atoms with Crippen LogP contribution in [0.15, 0.2) is 46.4 Å². The van der Waals surface area contributed by atoms with Crippen LogP contribution in [0.3, 0.4) is 0 Å². The van der Waals surface area contributed by atoms with E-state index in [-0.39, 0.29) is 0 Å². The molecule has 0 amide bonds. The highest BCUT2D eigenvalue weighted by atomic mass is 31.1. The minimum Gasteiger partial charge on any atom is -0.323 e. The SMILES string of the molecule is c1cpc2c(p1)-c1nc-2nc2[nH]c(nc3nc(nc4[nH]c(n1)c1pccpc41)-c1pccpc1-3)c1pccpc21. The van der Waals surface area contributed by atoms with Crippen LogP contribution in [-0.4, -0.2) is 39.9 Å². The number of nitrogens with zero attached hydrogens (tertiary/aromatic N) is 6. The van der Waals surface area contributed by atoms with Gasteiger partial charge < -0.3 is 9.97 Å². The standard InChI is InChI=1S/C24H10N8P8/c1-2-34-10-9(33-1)17-25-18(10)30-20-13-14(38-6-5-37-13)22(27-20)32-24-16-15(39-7-8-40-16)23(28-24)31-21-12-11(19(26-21)29-17)35-3-4-36-12/h1-8H,(H2,25,26,27,28,29,30,31,32). The maximum atomic E-state index is 5.12. The Balaban J connectivity index is 1.51. The predicted octanol–water partition coefficient (Wildman–Crippen LogP) is 11.5. The van der Waals surface area contributed by atoms with E-state index in [1.807, 2.05) is 0 Å². The average Bonchev–Trinajstić information content (AvgIpc) is 3.73. The molecule has 2 aliphatic heterocycles. The van der Waals surface area contributed by atoms with Crippen LogP contribution in [0.1, 0.15) is 0 Å². The molecule has 2 aliphatic rings. The summed E-state index contributed by atoms with van der Waals surface area (Å²) in [6.07, 6.45) is 0.